The summed E-state index contributed by atoms with van der Waals surface area (Å²) in [7, 11) is 0. The number of hydrogen-bond acceptors (Lipinski definition) is 3. The number of rotatable bonds is 2. The Bertz CT molecular complexity index is 618. The third-order valence-corrected chi connectivity index (χ3v) is 4.44. The lowest BCUT2D eigenvalue weighted by molar-refractivity contribution is -0.143. The van der Waals surface area contributed by atoms with Gasteiger partial charge in [0, 0.05) is 50.9 Å². The number of anilines is 1. The van der Waals surface area contributed by atoms with Gasteiger partial charge in [-0.05, 0) is 12.1 Å². The molecule has 9 heteroatoms. The van der Waals surface area contributed by atoms with E-state index in [-0.39, 0.29) is 50.8 Å². The van der Waals surface area contributed by atoms with Gasteiger partial charge >= 0.3 is 6.18 Å². The number of piperidine rings is 1. The molecule has 0 N–H and O–H groups in total. The quantitative estimate of drug-likeness (QED) is 0.771. The highest BCUT2D eigenvalue weighted by molar-refractivity contribution is 5.82. The van der Waals surface area contributed by atoms with Crippen molar-refractivity contribution < 1.29 is 26.7 Å². The Labute approximate surface area is 135 Å². The van der Waals surface area contributed by atoms with Gasteiger partial charge in [-0.25, -0.2) is 8.78 Å². The van der Waals surface area contributed by atoms with Crippen LogP contribution in [0.1, 0.15) is 18.5 Å². The largest absolute Gasteiger partial charge is 0.433 e. The van der Waals surface area contributed by atoms with Crippen LogP contribution < -0.4 is 4.90 Å². The monoisotopic (exact) mass is 349 g/mol. The number of carbonyl (C=O) groups is 1. The molecule has 1 aromatic heterocycles. The van der Waals surface area contributed by atoms with Gasteiger partial charge in [0.15, 0.2) is 0 Å². The van der Waals surface area contributed by atoms with Crippen LogP contribution in [0.25, 0.3) is 0 Å². The summed E-state index contributed by atoms with van der Waals surface area (Å²) in [6.07, 6.45) is -4.11. The second-order valence-corrected chi connectivity index (χ2v) is 6.18. The van der Waals surface area contributed by atoms with Crippen molar-refractivity contribution in [2.45, 2.75) is 24.9 Å². The van der Waals surface area contributed by atoms with Crippen molar-refractivity contribution in [3.63, 3.8) is 0 Å². The number of pyridine rings is 1. The zero-order chi connectivity index (χ0) is 17.5. The molecule has 2 fully saturated rings. The molecule has 0 aromatic carbocycles. The van der Waals surface area contributed by atoms with Crippen LogP contribution in [0.3, 0.4) is 0 Å². The number of amides is 1. The summed E-state index contributed by atoms with van der Waals surface area (Å²) in [4.78, 5) is 18.6. The Morgan fingerprint density at radius 2 is 1.83 bits per heavy atom. The lowest BCUT2D eigenvalue weighted by atomic mass is 9.95. The molecule has 132 valence electrons. The van der Waals surface area contributed by atoms with E-state index in [9.17, 15) is 26.7 Å². The van der Waals surface area contributed by atoms with E-state index < -0.39 is 17.8 Å². The molecular weight excluding hydrogens is 333 g/mol. The van der Waals surface area contributed by atoms with Crippen LogP contribution in [0.15, 0.2) is 18.3 Å². The second kappa shape index (κ2) is 5.86. The van der Waals surface area contributed by atoms with Crippen molar-refractivity contribution >= 4 is 11.6 Å². The normalized spacial score (nSPS) is 21.5. The fourth-order valence-electron chi connectivity index (χ4n) is 2.93. The molecule has 0 bridgehead atoms. The fourth-order valence-corrected chi connectivity index (χ4v) is 2.93. The minimum Gasteiger partial charge on any atom is -0.370 e. The second-order valence-electron chi connectivity index (χ2n) is 6.18. The van der Waals surface area contributed by atoms with Crippen molar-refractivity contribution in [2.24, 2.45) is 5.92 Å². The van der Waals surface area contributed by atoms with E-state index in [1.807, 2.05) is 0 Å². The van der Waals surface area contributed by atoms with Crippen molar-refractivity contribution in [3.05, 3.63) is 24.0 Å². The zero-order valence-corrected chi connectivity index (χ0v) is 12.7. The molecule has 1 aromatic rings. The highest BCUT2D eigenvalue weighted by atomic mass is 19.4. The summed E-state index contributed by atoms with van der Waals surface area (Å²) in [5.74, 6) is -3.28. The minimum absolute atomic E-state index is 0.0236. The molecule has 4 nitrogen and oxygen atoms in total. The van der Waals surface area contributed by atoms with Crippen LogP contribution >= 0.6 is 0 Å². The molecule has 0 atom stereocenters. The Morgan fingerprint density at radius 3 is 2.42 bits per heavy atom. The Morgan fingerprint density at radius 1 is 1.21 bits per heavy atom. The van der Waals surface area contributed by atoms with E-state index in [2.05, 4.69) is 4.98 Å². The summed E-state index contributed by atoms with van der Waals surface area (Å²) in [6.45, 7) is 0.617. The van der Waals surface area contributed by atoms with Gasteiger partial charge in [0.05, 0.1) is 5.92 Å². The maximum Gasteiger partial charge on any atom is 0.433 e. The number of aromatic nitrogens is 1. The number of carbonyl (C=O) groups excluding carboxylic acids is 1. The van der Waals surface area contributed by atoms with Crippen molar-refractivity contribution in [3.8, 4) is 0 Å². The lowest BCUT2D eigenvalue weighted by Gasteiger charge is -2.43. The first kappa shape index (κ1) is 16.9. The molecule has 0 radical (unpaired) electrons. The SMILES string of the molecule is O=C(C1CN(c2ccnc(C(F)(F)F)c2)C1)N1CCC(F)(F)CC1. The van der Waals surface area contributed by atoms with E-state index in [1.165, 1.54) is 11.0 Å². The Kier molecular flexibility index (Phi) is 4.13. The minimum atomic E-state index is -4.52. The standard InChI is InChI=1S/C15H16F5N3O/c16-14(17)2-5-22(6-3-14)13(24)10-8-23(9-10)11-1-4-21-12(7-11)15(18,19)20/h1,4,7,10H,2-3,5-6,8-9H2. The molecule has 2 aliphatic heterocycles. The predicted molar refractivity (Wildman–Crippen MR) is 75.7 cm³/mol. The van der Waals surface area contributed by atoms with Crippen molar-refractivity contribution in [2.75, 3.05) is 31.1 Å². The van der Waals surface area contributed by atoms with E-state index in [0.717, 1.165) is 12.3 Å². The number of hydrogen-bond donors (Lipinski definition) is 0. The molecule has 0 unspecified atom stereocenters. The van der Waals surface area contributed by atoms with Gasteiger partial charge in [-0.15, -0.1) is 0 Å². The summed E-state index contributed by atoms with van der Waals surface area (Å²) in [5, 5.41) is 0. The lowest BCUT2D eigenvalue weighted by Crippen LogP contribution is -2.56. The Balaban J connectivity index is 1.57. The third-order valence-electron chi connectivity index (χ3n) is 4.44. The average Bonchev–Trinajstić information content (AvgIpc) is 2.45. The molecule has 2 aliphatic rings. The zero-order valence-electron chi connectivity index (χ0n) is 12.7. The van der Waals surface area contributed by atoms with Crippen LogP contribution in [-0.4, -0.2) is 47.9 Å². The molecule has 3 rings (SSSR count). The maximum atomic E-state index is 13.1. The smallest absolute Gasteiger partial charge is 0.370 e. The van der Waals surface area contributed by atoms with Gasteiger partial charge < -0.3 is 9.80 Å². The molecular formula is C15H16F5N3O. The van der Waals surface area contributed by atoms with Gasteiger partial charge in [-0.3, -0.25) is 9.78 Å². The van der Waals surface area contributed by atoms with Crippen LogP contribution in [-0.2, 0) is 11.0 Å². The summed E-state index contributed by atoms with van der Waals surface area (Å²) in [6, 6.07) is 2.40. The van der Waals surface area contributed by atoms with E-state index in [1.54, 1.807) is 4.90 Å². The van der Waals surface area contributed by atoms with E-state index in [4.69, 9.17) is 0 Å². The number of alkyl halides is 5. The van der Waals surface area contributed by atoms with Crippen molar-refractivity contribution in [1.82, 2.24) is 9.88 Å². The van der Waals surface area contributed by atoms with Gasteiger partial charge in [0.25, 0.3) is 5.92 Å². The number of likely N-dealkylation sites (tertiary alicyclic amines) is 1. The maximum absolute atomic E-state index is 13.1. The topological polar surface area (TPSA) is 36.4 Å². The summed E-state index contributed by atoms with van der Waals surface area (Å²) >= 11 is 0. The number of halogens is 5. The van der Waals surface area contributed by atoms with Gasteiger partial charge in [0.1, 0.15) is 5.69 Å². The molecule has 0 aliphatic carbocycles. The van der Waals surface area contributed by atoms with Gasteiger partial charge in [0.2, 0.25) is 5.91 Å². The van der Waals surface area contributed by atoms with Gasteiger partial charge in [-0.1, -0.05) is 0 Å². The van der Waals surface area contributed by atoms with E-state index in [0.29, 0.717) is 5.69 Å². The first-order chi connectivity index (χ1) is 11.2. The summed E-state index contributed by atoms with van der Waals surface area (Å²) in [5.41, 5.74) is -0.625. The Hall–Kier alpha value is -1.93. The van der Waals surface area contributed by atoms with Gasteiger partial charge in [-0.2, -0.15) is 13.2 Å². The van der Waals surface area contributed by atoms with Crippen molar-refractivity contribution in [1.29, 1.82) is 0 Å². The van der Waals surface area contributed by atoms with Crippen LogP contribution in [0.5, 0.6) is 0 Å². The van der Waals surface area contributed by atoms with E-state index >= 15 is 0 Å². The van der Waals surface area contributed by atoms with Crippen LogP contribution in [0.4, 0.5) is 27.6 Å². The fraction of sp³-hybridized carbons (Fsp3) is 0.600. The molecule has 24 heavy (non-hydrogen) atoms. The third kappa shape index (κ3) is 3.44. The summed E-state index contributed by atoms with van der Waals surface area (Å²) < 4.78 is 64.2. The number of nitrogens with zero attached hydrogens (tertiary/aromatic N) is 3. The van der Waals surface area contributed by atoms with Crippen LogP contribution in [0.2, 0.25) is 0 Å². The predicted octanol–water partition coefficient (Wildman–Crippen LogP) is 2.79. The molecule has 1 amide bonds. The molecule has 2 saturated heterocycles. The molecule has 0 saturated carbocycles. The first-order valence-corrected chi connectivity index (χ1v) is 7.60. The highest BCUT2D eigenvalue weighted by Gasteiger charge is 2.41. The highest BCUT2D eigenvalue weighted by Crippen LogP contribution is 2.33. The average molecular weight is 349 g/mol. The molecule has 3 heterocycles. The first-order valence-electron chi connectivity index (χ1n) is 7.60. The van der Waals surface area contributed by atoms with Crippen LogP contribution in [0, 0.1) is 5.92 Å². The molecule has 0 spiro atoms.